The maximum absolute atomic E-state index is 12.1. The number of carbonyl (C=O) groups excluding carboxylic acids is 2. The second kappa shape index (κ2) is 5.04. The van der Waals surface area contributed by atoms with Gasteiger partial charge in [-0.3, -0.25) is 9.59 Å². The molecule has 0 saturated carbocycles. The number of carbonyl (C=O) groups is 2. The number of alkyl halides is 2. The maximum atomic E-state index is 12.1. The number of hydrogen-bond acceptors (Lipinski definition) is 2. The standard InChI is InChI=1S/C9H14F2N2O2/c1-7(14)12-3-2-4-13(6-5-12)9(15)8(10)11/h8H,2-6H2,1H3. The Morgan fingerprint density at radius 2 is 1.60 bits per heavy atom. The van der Waals surface area contributed by atoms with E-state index in [2.05, 4.69) is 0 Å². The molecule has 0 N–H and O–H groups in total. The zero-order valence-corrected chi connectivity index (χ0v) is 8.58. The van der Waals surface area contributed by atoms with E-state index in [1.807, 2.05) is 0 Å². The Morgan fingerprint density at radius 1 is 1.07 bits per heavy atom. The van der Waals surface area contributed by atoms with Gasteiger partial charge in [-0.05, 0) is 6.42 Å². The third kappa shape index (κ3) is 3.14. The molecule has 6 heteroatoms. The molecule has 0 radical (unpaired) electrons. The summed E-state index contributed by atoms with van der Waals surface area (Å²) < 4.78 is 24.3. The van der Waals surface area contributed by atoms with E-state index in [1.165, 1.54) is 6.92 Å². The lowest BCUT2D eigenvalue weighted by atomic mass is 10.4. The van der Waals surface area contributed by atoms with Crippen LogP contribution in [0.3, 0.4) is 0 Å². The van der Waals surface area contributed by atoms with Crippen molar-refractivity contribution in [3.63, 3.8) is 0 Å². The Kier molecular flexibility index (Phi) is 3.99. The number of hydrogen-bond donors (Lipinski definition) is 0. The SMILES string of the molecule is CC(=O)N1CCCN(C(=O)C(F)F)CC1. The average molecular weight is 220 g/mol. The van der Waals surface area contributed by atoms with Gasteiger partial charge >= 0.3 is 6.43 Å². The lowest BCUT2D eigenvalue weighted by Crippen LogP contribution is -2.39. The van der Waals surface area contributed by atoms with Crippen LogP contribution in [0.4, 0.5) is 8.78 Å². The van der Waals surface area contributed by atoms with Gasteiger partial charge in [0.25, 0.3) is 5.91 Å². The van der Waals surface area contributed by atoms with Crippen molar-refractivity contribution in [2.75, 3.05) is 26.2 Å². The lowest BCUT2D eigenvalue weighted by Gasteiger charge is -2.20. The zero-order chi connectivity index (χ0) is 11.4. The van der Waals surface area contributed by atoms with Gasteiger partial charge < -0.3 is 9.80 Å². The number of amides is 2. The van der Waals surface area contributed by atoms with Gasteiger partial charge in [-0.15, -0.1) is 0 Å². The third-order valence-electron chi connectivity index (χ3n) is 2.44. The molecule has 1 aliphatic heterocycles. The Hall–Kier alpha value is -1.20. The van der Waals surface area contributed by atoms with Crippen molar-refractivity contribution < 1.29 is 18.4 Å². The molecule has 1 heterocycles. The second-order valence-electron chi connectivity index (χ2n) is 3.49. The summed E-state index contributed by atoms with van der Waals surface area (Å²) in [7, 11) is 0. The van der Waals surface area contributed by atoms with Gasteiger partial charge in [0.2, 0.25) is 5.91 Å². The van der Waals surface area contributed by atoms with Crippen LogP contribution in [0.15, 0.2) is 0 Å². The van der Waals surface area contributed by atoms with Crippen molar-refractivity contribution in [2.45, 2.75) is 19.8 Å². The first-order chi connectivity index (χ1) is 7.02. The molecule has 0 spiro atoms. The molecule has 0 atom stereocenters. The van der Waals surface area contributed by atoms with Gasteiger partial charge in [0, 0.05) is 33.1 Å². The number of nitrogens with zero attached hydrogens (tertiary/aromatic N) is 2. The van der Waals surface area contributed by atoms with E-state index in [1.54, 1.807) is 4.90 Å². The first kappa shape index (κ1) is 11.9. The first-order valence-electron chi connectivity index (χ1n) is 4.85. The summed E-state index contributed by atoms with van der Waals surface area (Å²) in [6.07, 6.45) is -2.40. The molecule has 15 heavy (non-hydrogen) atoms. The van der Waals surface area contributed by atoms with E-state index in [9.17, 15) is 18.4 Å². The van der Waals surface area contributed by atoms with Crippen LogP contribution in [-0.2, 0) is 9.59 Å². The molecule has 1 saturated heterocycles. The summed E-state index contributed by atoms with van der Waals surface area (Å²) in [4.78, 5) is 24.7. The molecule has 0 aromatic carbocycles. The van der Waals surface area contributed by atoms with E-state index >= 15 is 0 Å². The highest BCUT2D eigenvalue weighted by Crippen LogP contribution is 2.07. The highest BCUT2D eigenvalue weighted by molar-refractivity contribution is 5.79. The van der Waals surface area contributed by atoms with E-state index < -0.39 is 12.3 Å². The van der Waals surface area contributed by atoms with E-state index in [4.69, 9.17) is 0 Å². The summed E-state index contributed by atoms with van der Waals surface area (Å²) in [5, 5.41) is 0. The fraction of sp³-hybridized carbons (Fsp3) is 0.778. The van der Waals surface area contributed by atoms with Crippen LogP contribution in [-0.4, -0.2) is 54.2 Å². The maximum Gasteiger partial charge on any atom is 0.315 e. The minimum absolute atomic E-state index is 0.0821. The van der Waals surface area contributed by atoms with Crippen LogP contribution in [0.5, 0.6) is 0 Å². The summed E-state index contributed by atoms with van der Waals surface area (Å²) in [5.41, 5.74) is 0. The molecule has 1 aliphatic rings. The monoisotopic (exact) mass is 220 g/mol. The molecular weight excluding hydrogens is 206 g/mol. The third-order valence-corrected chi connectivity index (χ3v) is 2.44. The highest BCUT2D eigenvalue weighted by atomic mass is 19.3. The minimum Gasteiger partial charge on any atom is -0.341 e. The van der Waals surface area contributed by atoms with Gasteiger partial charge in [-0.2, -0.15) is 8.78 Å². The lowest BCUT2D eigenvalue weighted by molar-refractivity contribution is -0.143. The normalized spacial score (nSPS) is 17.9. The summed E-state index contributed by atoms with van der Waals surface area (Å²) in [6, 6.07) is 0. The van der Waals surface area contributed by atoms with E-state index in [-0.39, 0.29) is 12.5 Å². The van der Waals surface area contributed by atoms with Crippen molar-refractivity contribution in [3.8, 4) is 0 Å². The molecule has 4 nitrogen and oxygen atoms in total. The topological polar surface area (TPSA) is 40.6 Å². The Morgan fingerprint density at radius 3 is 2.13 bits per heavy atom. The fourth-order valence-corrected chi connectivity index (χ4v) is 1.59. The van der Waals surface area contributed by atoms with Crippen molar-refractivity contribution in [1.82, 2.24) is 9.80 Å². The largest absolute Gasteiger partial charge is 0.341 e. The van der Waals surface area contributed by atoms with Crippen LogP contribution < -0.4 is 0 Å². The molecule has 0 aromatic rings. The summed E-state index contributed by atoms with van der Waals surface area (Å²) in [6.45, 7) is 2.80. The molecule has 0 bridgehead atoms. The molecular formula is C9H14F2N2O2. The quantitative estimate of drug-likeness (QED) is 0.639. The van der Waals surface area contributed by atoms with Crippen molar-refractivity contribution in [2.24, 2.45) is 0 Å². The molecule has 0 aliphatic carbocycles. The smallest absolute Gasteiger partial charge is 0.315 e. The van der Waals surface area contributed by atoms with Crippen LogP contribution in [0, 0.1) is 0 Å². The van der Waals surface area contributed by atoms with E-state index in [0.717, 1.165) is 4.90 Å². The summed E-state index contributed by atoms with van der Waals surface area (Å²) >= 11 is 0. The molecule has 2 amide bonds. The predicted molar refractivity (Wildman–Crippen MR) is 49.5 cm³/mol. The van der Waals surface area contributed by atoms with Gasteiger partial charge in [0.15, 0.2) is 0 Å². The van der Waals surface area contributed by atoms with Gasteiger partial charge in [-0.25, -0.2) is 0 Å². The van der Waals surface area contributed by atoms with Crippen molar-refractivity contribution >= 4 is 11.8 Å². The van der Waals surface area contributed by atoms with Gasteiger partial charge in [-0.1, -0.05) is 0 Å². The average Bonchev–Trinajstić information content (AvgIpc) is 2.41. The van der Waals surface area contributed by atoms with Crippen LogP contribution in [0.25, 0.3) is 0 Å². The van der Waals surface area contributed by atoms with Crippen molar-refractivity contribution in [1.29, 1.82) is 0 Å². The van der Waals surface area contributed by atoms with Crippen LogP contribution >= 0.6 is 0 Å². The second-order valence-corrected chi connectivity index (χ2v) is 3.49. The van der Waals surface area contributed by atoms with Crippen molar-refractivity contribution in [3.05, 3.63) is 0 Å². The number of halogens is 2. The molecule has 0 unspecified atom stereocenters. The highest BCUT2D eigenvalue weighted by Gasteiger charge is 2.25. The zero-order valence-electron chi connectivity index (χ0n) is 8.58. The predicted octanol–water partition coefficient (Wildman–Crippen LogP) is 0.332. The molecule has 1 rings (SSSR count). The first-order valence-corrected chi connectivity index (χ1v) is 4.85. The van der Waals surface area contributed by atoms with Gasteiger partial charge in [0.1, 0.15) is 0 Å². The summed E-state index contributed by atoms with van der Waals surface area (Å²) in [5.74, 6) is -1.22. The number of rotatable bonds is 1. The Balaban J connectivity index is 2.52. The molecule has 0 aromatic heterocycles. The van der Waals surface area contributed by atoms with Gasteiger partial charge in [0.05, 0.1) is 0 Å². The van der Waals surface area contributed by atoms with Crippen LogP contribution in [0.1, 0.15) is 13.3 Å². The molecule has 1 fully saturated rings. The fourth-order valence-electron chi connectivity index (χ4n) is 1.59. The molecule has 86 valence electrons. The Labute approximate surface area is 86.8 Å². The van der Waals surface area contributed by atoms with Crippen LogP contribution in [0.2, 0.25) is 0 Å². The van der Waals surface area contributed by atoms with E-state index in [0.29, 0.717) is 26.1 Å². The Bertz CT molecular complexity index is 258. The minimum atomic E-state index is -2.95.